The average molecular weight is 340 g/mol. The van der Waals surface area contributed by atoms with Crippen LogP contribution in [0.1, 0.15) is 20.8 Å². The van der Waals surface area contributed by atoms with Crippen LogP contribution in [0.3, 0.4) is 0 Å². The minimum Gasteiger partial charge on any atom is -0.439 e. The molecule has 1 aliphatic heterocycles. The quantitative estimate of drug-likeness (QED) is 0.856. The van der Waals surface area contributed by atoms with E-state index in [1.807, 2.05) is 55.1 Å². The summed E-state index contributed by atoms with van der Waals surface area (Å²) in [7, 11) is 0. The number of carbonyl (C=O) groups is 1. The first-order valence-corrected chi connectivity index (χ1v) is 8.65. The van der Waals surface area contributed by atoms with E-state index in [0.717, 1.165) is 24.7 Å². The Hall–Kier alpha value is -2.63. The number of hydrogen-bond donors (Lipinski definition) is 0. The smallest absolute Gasteiger partial charge is 0.225 e. The van der Waals surface area contributed by atoms with Gasteiger partial charge in [0.2, 0.25) is 11.8 Å². The second-order valence-electron chi connectivity index (χ2n) is 6.61. The molecular formula is C19H24N4O2. The number of para-hydroxylation sites is 1. The number of amides is 1. The summed E-state index contributed by atoms with van der Waals surface area (Å²) < 4.78 is 5.79. The summed E-state index contributed by atoms with van der Waals surface area (Å²) in [6.07, 6.45) is 1.52. The Morgan fingerprint density at radius 1 is 1.20 bits per heavy atom. The lowest BCUT2D eigenvalue weighted by molar-refractivity contribution is -0.136. The molecule has 6 heteroatoms. The predicted octanol–water partition coefficient (Wildman–Crippen LogP) is 2.96. The predicted molar refractivity (Wildman–Crippen MR) is 96.8 cm³/mol. The summed E-state index contributed by atoms with van der Waals surface area (Å²) in [5, 5.41) is 0. The Morgan fingerprint density at radius 3 is 2.64 bits per heavy atom. The van der Waals surface area contributed by atoms with Gasteiger partial charge in [0.25, 0.3) is 0 Å². The third-order valence-corrected chi connectivity index (χ3v) is 4.32. The maximum atomic E-state index is 12.3. The highest BCUT2D eigenvalue weighted by molar-refractivity contribution is 5.78. The molecule has 1 saturated heterocycles. The van der Waals surface area contributed by atoms with Gasteiger partial charge in [0.1, 0.15) is 17.9 Å². The number of ether oxygens (including phenoxy) is 1. The van der Waals surface area contributed by atoms with Crippen LogP contribution in [0.5, 0.6) is 11.6 Å². The summed E-state index contributed by atoms with van der Waals surface area (Å²) >= 11 is 0. The lowest BCUT2D eigenvalue weighted by Gasteiger charge is -2.41. The van der Waals surface area contributed by atoms with Gasteiger partial charge in [-0.3, -0.25) is 4.79 Å². The van der Waals surface area contributed by atoms with Gasteiger partial charge in [0, 0.05) is 37.7 Å². The molecule has 6 nitrogen and oxygen atoms in total. The van der Waals surface area contributed by atoms with Crippen LogP contribution in [-0.2, 0) is 4.79 Å². The number of anilines is 1. The van der Waals surface area contributed by atoms with Crippen molar-refractivity contribution in [2.75, 3.05) is 24.5 Å². The number of nitrogens with zero attached hydrogens (tertiary/aromatic N) is 4. The monoisotopic (exact) mass is 340 g/mol. The Balaban J connectivity index is 1.69. The van der Waals surface area contributed by atoms with Gasteiger partial charge in [-0.15, -0.1) is 0 Å². The van der Waals surface area contributed by atoms with Gasteiger partial charge in [-0.25, -0.2) is 9.97 Å². The van der Waals surface area contributed by atoms with Crippen molar-refractivity contribution in [3.8, 4) is 11.6 Å². The van der Waals surface area contributed by atoms with Gasteiger partial charge in [0.05, 0.1) is 0 Å². The molecular weight excluding hydrogens is 316 g/mol. The van der Waals surface area contributed by atoms with E-state index in [1.165, 1.54) is 6.33 Å². The van der Waals surface area contributed by atoms with E-state index in [-0.39, 0.29) is 17.9 Å². The average Bonchev–Trinajstić information content (AvgIpc) is 2.62. The number of hydrogen-bond acceptors (Lipinski definition) is 5. The van der Waals surface area contributed by atoms with Crippen LogP contribution in [0.2, 0.25) is 0 Å². The molecule has 1 aliphatic rings. The van der Waals surface area contributed by atoms with Crippen LogP contribution >= 0.6 is 0 Å². The summed E-state index contributed by atoms with van der Waals surface area (Å²) in [5.41, 5.74) is 0. The fraction of sp³-hybridized carbons (Fsp3) is 0.421. The molecule has 1 atom stereocenters. The number of piperazine rings is 1. The zero-order valence-electron chi connectivity index (χ0n) is 14.9. The first kappa shape index (κ1) is 17.2. The molecule has 1 aromatic carbocycles. The molecule has 0 bridgehead atoms. The molecule has 1 fully saturated rings. The first-order valence-electron chi connectivity index (χ1n) is 8.65. The van der Waals surface area contributed by atoms with Crippen molar-refractivity contribution in [2.24, 2.45) is 5.92 Å². The summed E-state index contributed by atoms with van der Waals surface area (Å²) in [4.78, 5) is 25.0. The Morgan fingerprint density at radius 2 is 1.96 bits per heavy atom. The second-order valence-corrected chi connectivity index (χ2v) is 6.61. The highest BCUT2D eigenvalue weighted by Gasteiger charge is 2.29. The topological polar surface area (TPSA) is 58.6 Å². The first-order chi connectivity index (χ1) is 12.0. The van der Waals surface area contributed by atoms with Crippen molar-refractivity contribution in [1.82, 2.24) is 14.9 Å². The maximum absolute atomic E-state index is 12.3. The van der Waals surface area contributed by atoms with Crippen LogP contribution in [-0.4, -0.2) is 46.5 Å². The van der Waals surface area contributed by atoms with E-state index >= 15 is 0 Å². The Labute approximate surface area is 148 Å². The summed E-state index contributed by atoms with van der Waals surface area (Å²) in [6, 6.07) is 11.6. The summed E-state index contributed by atoms with van der Waals surface area (Å²) in [5.74, 6) is 2.32. The molecule has 25 heavy (non-hydrogen) atoms. The van der Waals surface area contributed by atoms with Crippen molar-refractivity contribution in [2.45, 2.75) is 26.8 Å². The van der Waals surface area contributed by atoms with Gasteiger partial charge in [-0.2, -0.15) is 0 Å². The standard InChI is InChI=1S/C19H24N4O2/c1-14(2)19(24)23-10-9-22(12-15(23)3)17-11-18(21-13-20-17)25-16-7-5-4-6-8-16/h4-8,11,13-15H,9-10,12H2,1-3H3/t15-/m1/s1. The van der Waals surface area contributed by atoms with E-state index < -0.39 is 0 Å². The third kappa shape index (κ3) is 4.07. The van der Waals surface area contributed by atoms with Crippen LogP contribution < -0.4 is 9.64 Å². The molecule has 0 aliphatic carbocycles. The van der Waals surface area contributed by atoms with Gasteiger partial charge in [0.15, 0.2) is 0 Å². The van der Waals surface area contributed by atoms with E-state index in [2.05, 4.69) is 21.8 Å². The molecule has 0 unspecified atom stereocenters. The van der Waals surface area contributed by atoms with Crippen molar-refractivity contribution < 1.29 is 9.53 Å². The largest absolute Gasteiger partial charge is 0.439 e. The summed E-state index contributed by atoms with van der Waals surface area (Å²) in [6.45, 7) is 8.18. The van der Waals surface area contributed by atoms with E-state index in [9.17, 15) is 4.79 Å². The minimum absolute atomic E-state index is 0.0268. The maximum Gasteiger partial charge on any atom is 0.225 e. The van der Waals surface area contributed by atoms with Crippen LogP contribution in [0.4, 0.5) is 5.82 Å². The number of rotatable bonds is 4. The van der Waals surface area contributed by atoms with Gasteiger partial charge in [-0.05, 0) is 19.1 Å². The molecule has 0 radical (unpaired) electrons. The normalized spacial score (nSPS) is 17.7. The molecule has 0 spiro atoms. The third-order valence-electron chi connectivity index (χ3n) is 4.32. The molecule has 132 valence electrons. The lowest BCUT2D eigenvalue weighted by atomic mass is 10.1. The zero-order valence-corrected chi connectivity index (χ0v) is 14.9. The molecule has 2 heterocycles. The number of carbonyl (C=O) groups excluding carboxylic acids is 1. The van der Waals surface area contributed by atoms with Gasteiger partial charge >= 0.3 is 0 Å². The molecule has 3 rings (SSSR count). The van der Waals surface area contributed by atoms with Gasteiger partial charge < -0.3 is 14.5 Å². The van der Waals surface area contributed by atoms with Crippen molar-refractivity contribution in [1.29, 1.82) is 0 Å². The zero-order chi connectivity index (χ0) is 17.8. The van der Waals surface area contributed by atoms with Crippen molar-refractivity contribution in [3.05, 3.63) is 42.7 Å². The second kappa shape index (κ2) is 7.51. The highest BCUT2D eigenvalue weighted by atomic mass is 16.5. The van der Waals surface area contributed by atoms with E-state index in [4.69, 9.17) is 4.74 Å². The van der Waals surface area contributed by atoms with Crippen LogP contribution in [0.25, 0.3) is 0 Å². The van der Waals surface area contributed by atoms with Crippen LogP contribution in [0.15, 0.2) is 42.7 Å². The minimum atomic E-state index is 0.0268. The molecule has 1 amide bonds. The van der Waals surface area contributed by atoms with E-state index in [0.29, 0.717) is 12.4 Å². The highest BCUT2D eigenvalue weighted by Crippen LogP contribution is 2.24. The fourth-order valence-electron chi connectivity index (χ4n) is 2.99. The Kier molecular flexibility index (Phi) is 5.16. The molecule has 0 N–H and O–H groups in total. The SMILES string of the molecule is CC(C)C(=O)N1CCN(c2cc(Oc3ccccc3)ncn2)C[C@H]1C. The number of aromatic nitrogens is 2. The molecule has 1 aromatic heterocycles. The van der Waals surface area contributed by atoms with Gasteiger partial charge in [-0.1, -0.05) is 32.0 Å². The van der Waals surface area contributed by atoms with E-state index in [1.54, 1.807) is 0 Å². The molecule has 2 aromatic rings. The van der Waals surface area contributed by atoms with Crippen LogP contribution in [0, 0.1) is 5.92 Å². The van der Waals surface area contributed by atoms with Crippen molar-refractivity contribution >= 4 is 11.7 Å². The lowest BCUT2D eigenvalue weighted by Crippen LogP contribution is -2.55. The number of benzene rings is 1. The Bertz CT molecular complexity index is 720. The van der Waals surface area contributed by atoms with Crippen molar-refractivity contribution in [3.63, 3.8) is 0 Å². The fourth-order valence-corrected chi connectivity index (χ4v) is 2.99. The molecule has 0 saturated carbocycles.